The molecule has 0 heterocycles. The summed E-state index contributed by atoms with van der Waals surface area (Å²) in [7, 11) is 1.70. The van der Waals surface area contributed by atoms with E-state index in [0.29, 0.717) is 18.9 Å². The Morgan fingerprint density at radius 2 is 1.88 bits per heavy atom. The lowest BCUT2D eigenvalue weighted by molar-refractivity contribution is -0.164. The van der Waals surface area contributed by atoms with Gasteiger partial charge in [0.25, 0.3) is 0 Å². The maximum atomic E-state index is 13.1. The fourth-order valence-corrected chi connectivity index (χ4v) is 4.34. The van der Waals surface area contributed by atoms with Gasteiger partial charge in [0.2, 0.25) is 0 Å². The van der Waals surface area contributed by atoms with Gasteiger partial charge in [-0.05, 0) is 49.7 Å². The third-order valence-corrected chi connectivity index (χ3v) is 5.69. The summed E-state index contributed by atoms with van der Waals surface area (Å²) < 4.78 is 11.1. The average molecular weight is 332 g/mol. The summed E-state index contributed by atoms with van der Waals surface area (Å²) in [6.07, 6.45) is 6.63. The molecule has 2 rings (SSSR count). The van der Waals surface area contributed by atoms with E-state index in [-0.39, 0.29) is 11.9 Å². The van der Waals surface area contributed by atoms with Crippen LogP contribution in [0, 0.1) is 17.3 Å². The molecule has 0 spiro atoms. The molecule has 24 heavy (non-hydrogen) atoms. The zero-order valence-corrected chi connectivity index (χ0v) is 15.6. The third-order valence-electron chi connectivity index (χ3n) is 5.69. The standard InChI is InChI=1S/C21H32O3/c1-5-24-20(22)21(16(2)3,18-12-7-6-8-13-18)15-17-11-9-10-14-19(17)23-4/h9-11,14,16,18H,5-8,12-13,15H2,1-4H3. The van der Waals surface area contributed by atoms with Crippen molar-refractivity contribution in [1.29, 1.82) is 0 Å². The molecule has 0 aliphatic heterocycles. The summed E-state index contributed by atoms with van der Waals surface area (Å²) in [5.41, 5.74) is 0.637. The Kier molecular flexibility index (Phi) is 6.70. The second-order valence-corrected chi connectivity index (χ2v) is 7.24. The van der Waals surface area contributed by atoms with Crippen LogP contribution in [0.4, 0.5) is 0 Å². The number of esters is 1. The summed E-state index contributed by atoms with van der Waals surface area (Å²) in [6.45, 7) is 6.67. The van der Waals surface area contributed by atoms with Crippen LogP contribution in [0.2, 0.25) is 0 Å². The molecule has 1 aliphatic rings. The Morgan fingerprint density at radius 3 is 2.46 bits per heavy atom. The number of hydrogen-bond donors (Lipinski definition) is 0. The van der Waals surface area contributed by atoms with E-state index in [1.807, 2.05) is 25.1 Å². The number of hydrogen-bond acceptors (Lipinski definition) is 3. The first-order valence-corrected chi connectivity index (χ1v) is 9.35. The topological polar surface area (TPSA) is 35.5 Å². The molecule has 0 aromatic heterocycles. The van der Waals surface area contributed by atoms with Gasteiger partial charge in [0.15, 0.2) is 0 Å². The first kappa shape index (κ1) is 18.8. The van der Waals surface area contributed by atoms with E-state index in [1.54, 1.807) is 7.11 Å². The molecule has 1 aliphatic carbocycles. The van der Waals surface area contributed by atoms with Gasteiger partial charge in [0.1, 0.15) is 5.75 Å². The van der Waals surface area contributed by atoms with E-state index in [0.717, 1.165) is 24.2 Å². The van der Waals surface area contributed by atoms with E-state index in [9.17, 15) is 4.79 Å². The Labute approximate surface area is 146 Å². The predicted molar refractivity (Wildman–Crippen MR) is 97.2 cm³/mol. The molecule has 3 heteroatoms. The summed E-state index contributed by atoms with van der Waals surface area (Å²) in [5, 5.41) is 0. The minimum absolute atomic E-state index is 0.0298. The van der Waals surface area contributed by atoms with Crippen molar-refractivity contribution in [2.75, 3.05) is 13.7 Å². The summed E-state index contributed by atoms with van der Waals surface area (Å²) in [4.78, 5) is 13.1. The molecule has 0 radical (unpaired) electrons. The van der Waals surface area contributed by atoms with E-state index in [1.165, 1.54) is 19.3 Å². The fraction of sp³-hybridized carbons (Fsp3) is 0.667. The first-order valence-electron chi connectivity index (χ1n) is 9.35. The van der Waals surface area contributed by atoms with Crippen molar-refractivity contribution < 1.29 is 14.3 Å². The molecule has 134 valence electrons. The monoisotopic (exact) mass is 332 g/mol. The number of carbonyl (C=O) groups is 1. The third kappa shape index (κ3) is 3.76. The van der Waals surface area contributed by atoms with Crippen LogP contribution in [0.5, 0.6) is 5.75 Å². The van der Waals surface area contributed by atoms with Crippen LogP contribution in [-0.2, 0) is 16.0 Å². The minimum Gasteiger partial charge on any atom is -0.496 e. The van der Waals surface area contributed by atoms with Gasteiger partial charge in [0.05, 0.1) is 19.1 Å². The van der Waals surface area contributed by atoms with Crippen LogP contribution in [0.15, 0.2) is 24.3 Å². The van der Waals surface area contributed by atoms with Crippen molar-refractivity contribution in [3.63, 3.8) is 0 Å². The summed E-state index contributed by atoms with van der Waals surface area (Å²) in [5.74, 6) is 1.44. The lowest BCUT2D eigenvalue weighted by atomic mass is 9.60. The second kappa shape index (κ2) is 8.55. The predicted octanol–water partition coefficient (Wildman–Crippen LogP) is 5.02. The minimum atomic E-state index is -0.467. The lowest BCUT2D eigenvalue weighted by Crippen LogP contribution is -2.47. The molecule has 1 saturated carbocycles. The van der Waals surface area contributed by atoms with E-state index >= 15 is 0 Å². The van der Waals surface area contributed by atoms with Gasteiger partial charge in [-0.15, -0.1) is 0 Å². The highest BCUT2D eigenvalue weighted by Gasteiger charge is 2.49. The summed E-state index contributed by atoms with van der Waals surface area (Å²) >= 11 is 0. The van der Waals surface area contributed by atoms with Crippen LogP contribution in [0.1, 0.15) is 58.4 Å². The highest BCUT2D eigenvalue weighted by Crippen LogP contribution is 2.48. The second-order valence-electron chi connectivity index (χ2n) is 7.24. The van der Waals surface area contributed by atoms with Crippen LogP contribution in [0.25, 0.3) is 0 Å². The smallest absolute Gasteiger partial charge is 0.312 e. The Bertz CT molecular complexity index is 532. The lowest BCUT2D eigenvalue weighted by Gasteiger charge is -2.44. The number of para-hydroxylation sites is 1. The van der Waals surface area contributed by atoms with E-state index in [4.69, 9.17) is 9.47 Å². The van der Waals surface area contributed by atoms with Crippen LogP contribution >= 0.6 is 0 Å². The van der Waals surface area contributed by atoms with Gasteiger partial charge in [0, 0.05) is 0 Å². The normalized spacial score (nSPS) is 18.2. The molecular formula is C21H32O3. The highest BCUT2D eigenvalue weighted by molar-refractivity contribution is 5.78. The number of benzene rings is 1. The molecule has 0 amide bonds. The van der Waals surface area contributed by atoms with Gasteiger partial charge in [-0.3, -0.25) is 4.79 Å². The van der Waals surface area contributed by atoms with E-state index in [2.05, 4.69) is 19.9 Å². The maximum Gasteiger partial charge on any atom is 0.312 e. The molecule has 1 fully saturated rings. The van der Waals surface area contributed by atoms with Crippen molar-refractivity contribution in [2.45, 2.75) is 59.3 Å². The molecule has 1 unspecified atom stereocenters. The van der Waals surface area contributed by atoms with Crippen molar-refractivity contribution in [3.8, 4) is 5.75 Å². The maximum absolute atomic E-state index is 13.1. The molecule has 0 N–H and O–H groups in total. The molecule has 1 atom stereocenters. The van der Waals surface area contributed by atoms with Crippen molar-refractivity contribution in [2.24, 2.45) is 17.3 Å². The molecule has 0 saturated heterocycles. The molecule has 1 aromatic carbocycles. The van der Waals surface area contributed by atoms with Gasteiger partial charge >= 0.3 is 5.97 Å². The zero-order chi connectivity index (χ0) is 17.6. The molecule has 3 nitrogen and oxygen atoms in total. The fourth-order valence-electron chi connectivity index (χ4n) is 4.34. The molecule has 1 aromatic rings. The first-order chi connectivity index (χ1) is 11.6. The van der Waals surface area contributed by atoms with Crippen LogP contribution in [-0.4, -0.2) is 19.7 Å². The SMILES string of the molecule is CCOC(=O)C(Cc1ccccc1OC)(C(C)C)C1CCCCC1. The zero-order valence-electron chi connectivity index (χ0n) is 15.6. The van der Waals surface area contributed by atoms with Crippen molar-refractivity contribution in [3.05, 3.63) is 29.8 Å². The van der Waals surface area contributed by atoms with E-state index < -0.39 is 5.41 Å². The largest absolute Gasteiger partial charge is 0.496 e. The van der Waals surface area contributed by atoms with Gasteiger partial charge in [-0.2, -0.15) is 0 Å². The quantitative estimate of drug-likeness (QED) is 0.657. The molecular weight excluding hydrogens is 300 g/mol. The van der Waals surface area contributed by atoms with Crippen molar-refractivity contribution in [1.82, 2.24) is 0 Å². The molecule has 0 bridgehead atoms. The Morgan fingerprint density at radius 1 is 1.21 bits per heavy atom. The number of methoxy groups -OCH3 is 1. The van der Waals surface area contributed by atoms with Gasteiger partial charge < -0.3 is 9.47 Å². The Balaban J connectivity index is 2.45. The average Bonchev–Trinajstić information content (AvgIpc) is 2.60. The summed E-state index contributed by atoms with van der Waals surface area (Å²) in [6, 6.07) is 8.06. The van der Waals surface area contributed by atoms with Crippen LogP contribution < -0.4 is 4.74 Å². The number of carbonyl (C=O) groups excluding carboxylic acids is 1. The van der Waals surface area contributed by atoms with Crippen LogP contribution in [0.3, 0.4) is 0 Å². The van der Waals surface area contributed by atoms with Crippen molar-refractivity contribution >= 4 is 5.97 Å². The Hall–Kier alpha value is -1.51. The number of ether oxygens (including phenoxy) is 2. The van der Waals surface area contributed by atoms with Gasteiger partial charge in [-0.25, -0.2) is 0 Å². The number of rotatable bonds is 7. The highest BCUT2D eigenvalue weighted by atomic mass is 16.5. The van der Waals surface area contributed by atoms with Gasteiger partial charge in [-0.1, -0.05) is 51.3 Å².